The van der Waals surface area contributed by atoms with Crippen LogP contribution >= 0.6 is 23.1 Å². The molecule has 4 aromatic rings. The molecule has 5 heteroatoms. The summed E-state index contributed by atoms with van der Waals surface area (Å²) in [5, 5.41) is 12.0. The fourth-order valence-electron chi connectivity index (χ4n) is 3.52. The van der Waals surface area contributed by atoms with Crippen LogP contribution in [0.1, 0.15) is 21.3 Å². The van der Waals surface area contributed by atoms with Gasteiger partial charge in [-0.1, -0.05) is 66.4 Å². The summed E-state index contributed by atoms with van der Waals surface area (Å²) in [7, 11) is 0. The summed E-state index contributed by atoms with van der Waals surface area (Å²) in [5.74, 6) is 0. The van der Waals surface area contributed by atoms with Gasteiger partial charge in [-0.25, -0.2) is 0 Å². The number of fused-ring (bicyclic) bond motifs is 3. The van der Waals surface area contributed by atoms with E-state index < -0.39 is 0 Å². The number of benzene rings is 2. The fraction of sp³-hybridized carbons (Fsp3) is 0.143. The number of aryl methyl sites for hydroxylation is 2. The largest absolute Gasteiger partial charge is 0.308 e. The molecule has 1 aliphatic carbocycles. The van der Waals surface area contributed by atoms with Crippen LogP contribution in [0.25, 0.3) is 11.1 Å². The standard InChI is InChI=1S/C21H17N3S2/c1-3-9-18-16(7-1)17-8-2-4-10-19(17)20(18)26-21-23-22-14-24(21)12-11-15-6-5-13-25-15/h1-10,13-14,20H,11-12H2. The number of rotatable bonds is 5. The lowest BCUT2D eigenvalue weighted by molar-refractivity contribution is 0.637. The van der Waals surface area contributed by atoms with Gasteiger partial charge in [0.05, 0.1) is 5.25 Å². The highest BCUT2D eigenvalue weighted by atomic mass is 32.2. The van der Waals surface area contributed by atoms with Crippen molar-refractivity contribution in [3.63, 3.8) is 0 Å². The molecular formula is C21H17N3S2. The summed E-state index contributed by atoms with van der Waals surface area (Å²) in [6.45, 7) is 0.909. The Labute approximate surface area is 160 Å². The number of thiophene rings is 1. The minimum atomic E-state index is 0.270. The molecule has 0 bridgehead atoms. The van der Waals surface area contributed by atoms with Crippen molar-refractivity contribution in [3.8, 4) is 11.1 Å². The maximum Gasteiger partial charge on any atom is 0.191 e. The Kier molecular flexibility index (Phi) is 4.11. The van der Waals surface area contributed by atoms with Gasteiger partial charge in [0.2, 0.25) is 0 Å². The van der Waals surface area contributed by atoms with Crippen LogP contribution in [0, 0.1) is 0 Å². The number of nitrogens with zero attached hydrogens (tertiary/aromatic N) is 3. The van der Waals surface area contributed by atoms with Gasteiger partial charge in [0.1, 0.15) is 6.33 Å². The molecule has 0 spiro atoms. The average Bonchev–Trinajstić information content (AvgIpc) is 3.41. The van der Waals surface area contributed by atoms with Crippen LogP contribution in [-0.2, 0) is 13.0 Å². The summed E-state index contributed by atoms with van der Waals surface area (Å²) in [4.78, 5) is 1.39. The highest BCUT2D eigenvalue weighted by Gasteiger charge is 2.30. The first kappa shape index (κ1) is 15.9. The van der Waals surface area contributed by atoms with Crippen LogP contribution in [0.2, 0.25) is 0 Å². The second-order valence-electron chi connectivity index (χ2n) is 6.31. The molecule has 0 unspecified atom stereocenters. The first-order valence-electron chi connectivity index (χ1n) is 8.65. The Hall–Kier alpha value is -2.37. The van der Waals surface area contributed by atoms with Crippen molar-refractivity contribution in [1.29, 1.82) is 0 Å². The Morgan fingerprint density at radius 1 is 0.923 bits per heavy atom. The molecule has 0 saturated carbocycles. The summed E-state index contributed by atoms with van der Waals surface area (Å²) in [6.07, 6.45) is 2.86. The highest BCUT2D eigenvalue weighted by Crippen LogP contribution is 2.51. The predicted octanol–water partition coefficient (Wildman–Crippen LogP) is 5.44. The van der Waals surface area contributed by atoms with Crippen LogP contribution in [-0.4, -0.2) is 14.8 Å². The highest BCUT2D eigenvalue weighted by molar-refractivity contribution is 7.99. The number of aromatic nitrogens is 3. The van der Waals surface area contributed by atoms with Gasteiger partial charge in [-0.3, -0.25) is 0 Å². The van der Waals surface area contributed by atoms with Crippen LogP contribution in [0.4, 0.5) is 0 Å². The van der Waals surface area contributed by atoms with Gasteiger partial charge in [-0.05, 0) is 40.1 Å². The fourth-order valence-corrected chi connectivity index (χ4v) is 5.46. The van der Waals surface area contributed by atoms with Crippen LogP contribution in [0.5, 0.6) is 0 Å². The van der Waals surface area contributed by atoms with Gasteiger partial charge in [0.25, 0.3) is 0 Å². The van der Waals surface area contributed by atoms with Crippen molar-refractivity contribution in [2.75, 3.05) is 0 Å². The van der Waals surface area contributed by atoms with E-state index in [9.17, 15) is 0 Å². The molecule has 2 aromatic heterocycles. The first-order valence-corrected chi connectivity index (χ1v) is 10.4. The number of hydrogen-bond acceptors (Lipinski definition) is 4. The first-order chi connectivity index (χ1) is 12.9. The maximum atomic E-state index is 4.40. The van der Waals surface area contributed by atoms with Crippen molar-refractivity contribution < 1.29 is 0 Å². The van der Waals surface area contributed by atoms with E-state index in [2.05, 4.69) is 80.8 Å². The molecule has 2 aromatic carbocycles. The Bertz CT molecular complexity index is 991. The van der Waals surface area contributed by atoms with Gasteiger partial charge < -0.3 is 4.57 Å². The van der Waals surface area contributed by atoms with Gasteiger partial charge in [-0.15, -0.1) is 21.5 Å². The van der Waals surface area contributed by atoms with Crippen LogP contribution in [0.3, 0.4) is 0 Å². The second kappa shape index (κ2) is 6.74. The molecule has 3 nitrogen and oxygen atoms in total. The SMILES string of the molecule is c1csc(CCn2cnnc2SC2c3ccccc3-c3ccccc32)c1. The summed E-state index contributed by atoms with van der Waals surface area (Å²) in [6, 6.07) is 21.7. The lowest BCUT2D eigenvalue weighted by atomic mass is 10.1. The zero-order valence-electron chi connectivity index (χ0n) is 14.1. The quantitative estimate of drug-likeness (QED) is 0.465. The van der Waals surface area contributed by atoms with Crippen LogP contribution in [0.15, 0.2) is 77.5 Å². The third kappa shape index (κ3) is 2.77. The number of hydrogen-bond donors (Lipinski definition) is 0. The molecule has 2 heterocycles. The maximum absolute atomic E-state index is 4.40. The van der Waals surface area contributed by atoms with E-state index in [1.165, 1.54) is 27.1 Å². The third-order valence-corrected chi connectivity index (χ3v) is 6.97. The van der Waals surface area contributed by atoms with E-state index in [0.717, 1.165) is 18.1 Å². The second-order valence-corrected chi connectivity index (χ2v) is 8.41. The molecule has 0 radical (unpaired) electrons. The van der Waals surface area contributed by atoms with Crippen molar-refractivity contribution in [2.24, 2.45) is 0 Å². The summed E-state index contributed by atoms with van der Waals surface area (Å²) in [5.41, 5.74) is 5.41. The van der Waals surface area contributed by atoms with Crippen molar-refractivity contribution >= 4 is 23.1 Å². The Morgan fingerprint density at radius 2 is 1.65 bits per heavy atom. The number of thioether (sulfide) groups is 1. The van der Waals surface area contributed by atoms with Gasteiger partial charge in [0.15, 0.2) is 5.16 Å². The summed E-state index contributed by atoms with van der Waals surface area (Å²) < 4.78 is 2.17. The minimum Gasteiger partial charge on any atom is -0.308 e. The van der Waals surface area contributed by atoms with E-state index in [1.54, 1.807) is 23.1 Å². The molecular weight excluding hydrogens is 358 g/mol. The summed E-state index contributed by atoms with van der Waals surface area (Å²) >= 11 is 3.60. The molecule has 0 N–H and O–H groups in total. The van der Waals surface area contributed by atoms with Gasteiger partial charge in [0, 0.05) is 11.4 Å². The minimum absolute atomic E-state index is 0.270. The molecule has 1 aliphatic rings. The Balaban J connectivity index is 1.44. The average molecular weight is 376 g/mol. The van der Waals surface area contributed by atoms with E-state index >= 15 is 0 Å². The lowest BCUT2D eigenvalue weighted by Gasteiger charge is -2.13. The lowest BCUT2D eigenvalue weighted by Crippen LogP contribution is -2.02. The van der Waals surface area contributed by atoms with Crippen molar-refractivity contribution in [2.45, 2.75) is 23.4 Å². The molecule has 0 fully saturated rings. The van der Waals surface area contributed by atoms with Gasteiger partial charge >= 0.3 is 0 Å². The van der Waals surface area contributed by atoms with E-state index in [4.69, 9.17) is 0 Å². The molecule has 0 aliphatic heterocycles. The zero-order valence-corrected chi connectivity index (χ0v) is 15.7. The topological polar surface area (TPSA) is 30.7 Å². The molecule has 128 valence electrons. The normalized spacial score (nSPS) is 12.9. The monoisotopic (exact) mass is 375 g/mol. The molecule has 0 amide bonds. The van der Waals surface area contributed by atoms with E-state index in [1.807, 2.05) is 6.33 Å². The predicted molar refractivity (Wildman–Crippen MR) is 108 cm³/mol. The molecule has 0 atom stereocenters. The van der Waals surface area contributed by atoms with E-state index in [0.29, 0.717) is 0 Å². The van der Waals surface area contributed by atoms with E-state index in [-0.39, 0.29) is 5.25 Å². The molecule has 26 heavy (non-hydrogen) atoms. The third-order valence-electron chi connectivity index (χ3n) is 4.76. The Morgan fingerprint density at radius 3 is 2.35 bits per heavy atom. The smallest absolute Gasteiger partial charge is 0.191 e. The van der Waals surface area contributed by atoms with Crippen LogP contribution < -0.4 is 0 Å². The van der Waals surface area contributed by atoms with Crippen molar-refractivity contribution in [1.82, 2.24) is 14.8 Å². The van der Waals surface area contributed by atoms with Gasteiger partial charge in [-0.2, -0.15) is 0 Å². The zero-order chi connectivity index (χ0) is 17.3. The molecule has 0 saturated heterocycles. The molecule has 5 rings (SSSR count). The van der Waals surface area contributed by atoms with Crippen molar-refractivity contribution in [3.05, 3.63) is 88.4 Å².